The van der Waals surface area contributed by atoms with E-state index >= 15 is 4.39 Å². The second kappa shape index (κ2) is 8.43. The minimum Gasteiger partial charge on any atom is -0.381 e. The van der Waals surface area contributed by atoms with Gasteiger partial charge in [0.15, 0.2) is 0 Å². The van der Waals surface area contributed by atoms with E-state index in [1.165, 1.54) is 4.31 Å². The minimum absolute atomic E-state index is 0.0697. The molecule has 2 atom stereocenters. The standard InChI is InChI=1S/C25H31FN2O3S/c1-19-7-10-24(20-5-3-2-4-6-20)32(29,30)28(19)16-21-8-9-22(15-23(21)26)27-17-25(18-27)11-13-31-14-12-25/h2-6,8-9,15,19,24H,7,10-14,16-18H2,1H3/t19-,24?/m0/s1. The topological polar surface area (TPSA) is 49.9 Å². The van der Waals surface area contributed by atoms with Crippen molar-refractivity contribution in [1.82, 2.24) is 4.31 Å². The average molecular weight is 459 g/mol. The molecular formula is C25H31FN2O3S. The van der Waals surface area contributed by atoms with Crippen molar-refractivity contribution in [1.29, 1.82) is 0 Å². The van der Waals surface area contributed by atoms with Gasteiger partial charge in [-0.2, -0.15) is 4.31 Å². The lowest BCUT2D eigenvalue weighted by atomic mass is 9.73. The van der Waals surface area contributed by atoms with Crippen LogP contribution in [0, 0.1) is 11.2 Å². The molecule has 3 saturated heterocycles. The van der Waals surface area contributed by atoms with Crippen LogP contribution in [0.25, 0.3) is 0 Å². The Morgan fingerprint density at radius 2 is 1.78 bits per heavy atom. The maximum atomic E-state index is 15.1. The molecule has 0 bridgehead atoms. The van der Waals surface area contributed by atoms with Crippen LogP contribution in [0.5, 0.6) is 0 Å². The summed E-state index contributed by atoms with van der Waals surface area (Å²) in [5.74, 6) is -0.334. The predicted octanol–water partition coefficient (Wildman–Crippen LogP) is 4.50. The first-order valence-electron chi connectivity index (χ1n) is 11.5. The van der Waals surface area contributed by atoms with Gasteiger partial charge in [-0.15, -0.1) is 0 Å². The molecule has 0 N–H and O–H groups in total. The summed E-state index contributed by atoms with van der Waals surface area (Å²) in [6.45, 7) is 5.48. The van der Waals surface area contributed by atoms with Crippen LogP contribution >= 0.6 is 0 Å². The zero-order valence-corrected chi connectivity index (χ0v) is 19.4. The maximum absolute atomic E-state index is 15.1. The van der Waals surface area contributed by atoms with Crippen molar-refractivity contribution < 1.29 is 17.5 Å². The van der Waals surface area contributed by atoms with Crippen LogP contribution in [-0.4, -0.2) is 45.1 Å². The van der Waals surface area contributed by atoms with Crippen LogP contribution in [0.2, 0.25) is 0 Å². The zero-order chi connectivity index (χ0) is 22.3. The zero-order valence-electron chi connectivity index (χ0n) is 18.5. The molecule has 2 aromatic rings. The molecule has 5 rings (SSSR count). The van der Waals surface area contributed by atoms with Gasteiger partial charge in [0, 0.05) is 55.6 Å². The molecule has 1 unspecified atom stereocenters. The number of hydrogen-bond acceptors (Lipinski definition) is 4. The number of nitrogens with zero attached hydrogens (tertiary/aromatic N) is 2. The van der Waals surface area contributed by atoms with Crippen LogP contribution in [0.3, 0.4) is 0 Å². The number of anilines is 1. The van der Waals surface area contributed by atoms with E-state index in [9.17, 15) is 8.42 Å². The summed E-state index contributed by atoms with van der Waals surface area (Å²) in [6, 6.07) is 14.5. The first kappa shape index (κ1) is 21.9. The molecule has 7 heteroatoms. The Morgan fingerprint density at radius 3 is 2.47 bits per heavy atom. The van der Waals surface area contributed by atoms with Gasteiger partial charge >= 0.3 is 0 Å². The van der Waals surface area contributed by atoms with Gasteiger partial charge in [-0.3, -0.25) is 0 Å². The van der Waals surface area contributed by atoms with Crippen molar-refractivity contribution in [2.24, 2.45) is 5.41 Å². The number of halogens is 1. The number of rotatable bonds is 4. The molecule has 0 amide bonds. The Hall–Kier alpha value is -1.96. The highest BCUT2D eigenvalue weighted by Crippen LogP contribution is 2.43. The Bertz CT molecular complexity index is 1060. The van der Waals surface area contributed by atoms with Crippen molar-refractivity contribution in [2.75, 3.05) is 31.2 Å². The van der Waals surface area contributed by atoms with Gasteiger partial charge in [-0.05, 0) is 50.3 Å². The van der Waals surface area contributed by atoms with Gasteiger partial charge in [0.2, 0.25) is 10.0 Å². The monoisotopic (exact) mass is 458 g/mol. The third-order valence-corrected chi connectivity index (χ3v) is 9.90. The van der Waals surface area contributed by atoms with Gasteiger partial charge in [0.25, 0.3) is 0 Å². The molecule has 172 valence electrons. The van der Waals surface area contributed by atoms with Gasteiger partial charge in [0.1, 0.15) is 11.1 Å². The van der Waals surface area contributed by atoms with Crippen LogP contribution < -0.4 is 4.90 Å². The highest BCUT2D eigenvalue weighted by Gasteiger charge is 2.44. The molecule has 3 fully saturated rings. The molecule has 5 nitrogen and oxygen atoms in total. The van der Waals surface area contributed by atoms with Gasteiger partial charge in [-0.25, -0.2) is 12.8 Å². The normalized spacial score (nSPS) is 27.2. The van der Waals surface area contributed by atoms with Crippen molar-refractivity contribution >= 4 is 15.7 Å². The van der Waals surface area contributed by atoms with Crippen molar-refractivity contribution in [3.05, 3.63) is 65.5 Å². The van der Waals surface area contributed by atoms with Gasteiger partial charge < -0.3 is 9.64 Å². The van der Waals surface area contributed by atoms with Crippen LogP contribution in [0.4, 0.5) is 10.1 Å². The highest BCUT2D eigenvalue weighted by atomic mass is 32.2. The van der Waals surface area contributed by atoms with E-state index in [1.807, 2.05) is 43.3 Å². The summed E-state index contributed by atoms with van der Waals surface area (Å²) < 4.78 is 48.9. The van der Waals surface area contributed by atoms with E-state index < -0.39 is 15.3 Å². The lowest BCUT2D eigenvalue weighted by Gasteiger charge is -2.53. The molecule has 1 spiro atoms. The molecule has 2 aromatic carbocycles. The molecule has 3 aliphatic rings. The number of benzene rings is 2. The SMILES string of the molecule is C[C@H]1CCC(c2ccccc2)S(=O)(=O)N1Cc1ccc(N2CC3(CCOCC3)C2)cc1F. The van der Waals surface area contributed by atoms with Crippen molar-refractivity contribution in [3.8, 4) is 0 Å². The molecular weight excluding hydrogens is 427 g/mol. The lowest BCUT2D eigenvalue weighted by Crippen LogP contribution is -2.58. The second-order valence-corrected chi connectivity index (χ2v) is 11.7. The maximum Gasteiger partial charge on any atom is 0.221 e. The molecule has 0 aromatic heterocycles. The summed E-state index contributed by atoms with van der Waals surface area (Å²) >= 11 is 0. The summed E-state index contributed by atoms with van der Waals surface area (Å²) in [7, 11) is -3.58. The number of sulfonamides is 1. The molecule has 3 aliphatic heterocycles. The summed E-state index contributed by atoms with van der Waals surface area (Å²) in [4.78, 5) is 2.21. The Kier molecular flexibility index (Phi) is 5.76. The Labute approximate surface area is 190 Å². The van der Waals surface area contributed by atoms with Gasteiger partial charge in [-0.1, -0.05) is 36.4 Å². The van der Waals surface area contributed by atoms with E-state index in [0.29, 0.717) is 17.4 Å². The van der Waals surface area contributed by atoms with Crippen LogP contribution in [-0.2, 0) is 21.3 Å². The number of hydrogen-bond donors (Lipinski definition) is 0. The molecule has 3 heterocycles. The van der Waals surface area contributed by atoms with Crippen LogP contribution in [0.15, 0.2) is 48.5 Å². The minimum atomic E-state index is -3.58. The van der Waals surface area contributed by atoms with E-state index in [-0.39, 0.29) is 18.4 Å². The fourth-order valence-electron chi connectivity index (χ4n) is 5.45. The van der Waals surface area contributed by atoms with Crippen molar-refractivity contribution in [2.45, 2.75) is 50.4 Å². The lowest BCUT2D eigenvalue weighted by molar-refractivity contribution is -0.000212. The van der Waals surface area contributed by atoms with E-state index in [2.05, 4.69) is 4.90 Å². The molecule has 0 aliphatic carbocycles. The fourth-order valence-corrected chi connectivity index (χ4v) is 7.64. The highest BCUT2D eigenvalue weighted by molar-refractivity contribution is 7.89. The van der Waals surface area contributed by atoms with E-state index in [0.717, 1.165) is 56.8 Å². The first-order chi connectivity index (χ1) is 15.4. The molecule has 0 saturated carbocycles. The summed E-state index contributed by atoms with van der Waals surface area (Å²) in [5.41, 5.74) is 2.43. The first-order valence-corrected chi connectivity index (χ1v) is 13.1. The molecule has 32 heavy (non-hydrogen) atoms. The Balaban J connectivity index is 1.32. The van der Waals surface area contributed by atoms with Gasteiger partial charge in [0.05, 0.1) is 0 Å². The van der Waals surface area contributed by atoms with Crippen LogP contribution in [0.1, 0.15) is 49.0 Å². The number of ether oxygens (including phenoxy) is 1. The van der Waals surface area contributed by atoms with E-state index in [1.54, 1.807) is 12.1 Å². The predicted molar refractivity (Wildman–Crippen MR) is 123 cm³/mol. The average Bonchev–Trinajstić information content (AvgIpc) is 2.77. The summed E-state index contributed by atoms with van der Waals surface area (Å²) in [5, 5.41) is -0.570. The third kappa shape index (κ3) is 3.95. The Morgan fingerprint density at radius 1 is 1.06 bits per heavy atom. The quantitative estimate of drug-likeness (QED) is 0.677. The van der Waals surface area contributed by atoms with E-state index in [4.69, 9.17) is 4.74 Å². The second-order valence-electron chi connectivity index (χ2n) is 9.66. The summed E-state index contributed by atoms with van der Waals surface area (Å²) in [6.07, 6.45) is 3.49. The largest absolute Gasteiger partial charge is 0.381 e. The fraction of sp³-hybridized carbons (Fsp3) is 0.520. The third-order valence-electron chi connectivity index (χ3n) is 7.53. The van der Waals surface area contributed by atoms with Crippen molar-refractivity contribution in [3.63, 3.8) is 0 Å². The smallest absolute Gasteiger partial charge is 0.221 e. The molecule has 0 radical (unpaired) electrons.